The standard InChI is InChI=1S/C26H35F2N9O4/c1-4-40-21-12-30-19(11-31-21)32-24(38)36(3)18-15-37(10-8-26(18,27)28)23-29-9-7-20(33-23)41-25(39)34-22-16-5-6-17(22)14-35(2)13-16/h7,9,11-12,16-18,22H,4-6,8,10,13-15H2,1-3H3,(H,34,39)(H,30,32,38)/t16-,17+,18-,22?/m0/s1. The van der Waals surface area contributed by atoms with Crippen molar-refractivity contribution in [2.75, 3.05) is 57.1 Å². The van der Waals surface area contributed by atoms with Gasteiger partial charge in [-0.25, -0.2) is 33.3 Å². The Morgan fingerprint density at radius 1 is 1.12 bits per heavy atom. The van der Waals surface area contributed by atoms with Crippen LogP contribution in [0.4, 0.5) is 30.1 Å². The van der Waals surface area contributed by atoms with Gasteiger partial charge in [-0.15, -0.1) is 0 Å². The molecule has 4 atom stereocenters. The topological polar surface area (TPSA) is 138 Å². The zero-order valence-corrected chi connectivity index (χ0v) is 23.3. The number of aromatic nitrogens is 4. The van der Waals surface area contributed by atoms with Gasteiger partial charge in [0.1, 0.15) is 6.04 Å². The molecule has 41 heavy (non-hydrogen) atoms. The molecule has 1 unspecified atom stereocenters. The first-order chi connectivity index (χ1) is 19.6. The van der Waals surface area contributed by atoms with Gasteiger partial charge in [0, 0.05) is 58.0 Å². The van der Waals surface area contributed by atoms with E-state index in [0.717, 1.165) is 30.8 Å². The number of amides is 3. The molecule has 2 aliphatic heterocycles. The second-order valence-corrected chi connectivity index (χ2v) is 10.8. The van der Waals surface area contributed by atoms with Crippen LogP contribution in [0.3, 0.4) is 0 Å². The van der Waals surface area contributed by atoms with Gasteiger partial charge < -0.3 is 29.5 Å². The summed E-state index contributed by atoms with van der Waals surface area (Å²) >= 11 is 0. The van der Waals surface area contributed by atoms with Crippen LogP contribution in [0.1, 0.15) is 26.2 Å². The van der Waals surface area contributed by atoms with Gasteiger partial charge in [0.05, 0.1) is 19.0 Å². The van der Waals surface area contributed by atoms with Crippen molar-refractivity contribution in [2.24, 2.45) is 11.8 Å². The number of likely N-dealkylation sites (N-methyl/N-ethyl adjacent to an activating group) is 1. The highest BCUT2D eigenvalue weighted by atomic mass is 19.3. The molecule has 2 N–H and O–H groups in total. The fourth-order valence-electron chi connectivity index (χ4n) is 5.91. The molecule has 0 aromatic carbocycles. The second kappa shape index (κ2) is 11.9. The summed E-state index contributed by atoms with van der Waals surface area (Å²) in [5.41, 5.74) is 0. The number of anilines is 2. The number of urea groups is 1. The first kappa shape index (κ1) is 28.6. The summed E-state index contributed by atoms with van der Waals surface area (Å²) in [6, 6.07) is -0.754. The van der Waals surface area contributed by atoms with E-state index < -0.39 is 30.5 Å². The lowest BCUT2D eigenvalue weighted by Crippen LogP contribution is -2.60. The molecule has 0 radical (unpaired) electrons. The lowest BCUT2D eigenvalue weighted by atomic mass is 9.93. The van der Waals surface area contributed by atoms with E-state index in [2.05, 4.69) is 42.5 Å². The quantitative estimate of drug-likeness (QED) is 0.506. The third-order valence-electron chi connectivity index (χ3n) is 7.94. The predicted octanol–water partition coefficient (Wildman–Crippen LogP) is 2.47. The van der Waals surface area contributed by atoms with Crippen molar-refractivity contribution in [3.8, 4) is 11.8 Å². The van der Waals surface area contributed by atoms with Crippen molar-refractivity contribution >= 4 is 23.9 Å². The molecule has 2 bridgehead atoms. The molecule has 2 saturated heterocycles. The van der Waals surface area contributed by atoms with Crippen molar-refractivity contribution in [1.82, 2.24) is 35.1 Å². The Labute approximate surface area is 236 Å². The van der Waals surface area contributed by atoms with Crippen LogP contribution in [0.25, 0.3) is 0 Å². The van der Waals surface area contributed by atoms with E-state index in [-0.39, 0.29) is 42.7 Å². The van der Waals surface area contributed by atoms with Crippen molar-refractivity contribution in [1.29, 1.82) is 0 Å². The molecule has 15 heteroatoms. The summed E-state index contributed by atoms with van der Waals surface area (Å²) in [7, 11) is 3.38. The summed E-state index contributed by atoms with van der Waals surface area (Å²) in [6.07, 6.45) is 5.05. The number of carbonyl (C=O) groups excluding carboxylic acids is 2. The molecule has 5 rings (SSSR count). The van der Waals surface area contributed by atoms with Crippen LogP contribution in [0.5, 0.6) is 11.8 Å². The van der Waals surface area contributed by atoms with Gasteiger partial charge in [0.2, 0.25) is 17.7 Å². The maximum atomic E-state index is 15.0. The Bertz CT molecular complexity index is 1220. The Hall–Kier alpha value is -3.88. The number of piperidine rings is 2. The zero-order chi connectivity index (χ0) is 29.1. The van der Waals surface area contributed by atoms with E-state index in [1.54, 1.807) is 11.8 Å². The molecule has 222 valence electrons. The normalized spacial score (nSPS) is 25.3. The van der Waals surface area contributed by atoms with Gasteiger partial charge in [-0.3, -0.25) is 5.32 Å². The molecular weight excluding hydrogens is 540 g/mol. The lowest BCUT2D eigenvalue weighted by Gasteiger charge is -2.42. The number of likely N-dealkylation sites (tertiary alicyclic amines) is 1. The van der Waals surface area contributed by atoms with E-state index in [1.807, 2.05) is 0 Å². The molecule has 3 fully saturated rings. The average molecular weight is 576 g/mol. The minimum absolute atomic E-state index is 0.0156. The minimum Gasteiger partial charge on any atom is -0.477 e. The molecule has 3 amide bonds. The smallest absolute Gasteiger partial charge is 0.414 e. The second-order valence-electron chi connectivity index (χ2n) is 10.8. The summed E-state index contributed by atoms with van der Waals surface area (Å²) in [4.78, 5) is 46.8. The third kappa shape index (κ3) is 6.55. The predicted molar refractivity (Wildman–Crippen MR) is 144 cm³/mol. The van der Waals surface area contributed by atoms with Crippen LogP contribution >= 0.6 is 0 Å². The first-order valence-electron chi connectivity index (χ1n) is 13.7. The van der Waals surface area contributed by atoms with Crippen LogP contribution in [0, 0.1) is 11.8 Å². The Morgan fingerprint density at radius 3 is 2.56 bits per heavy atom. The molecular formula is C26H35F2N9O4. The van der Waals surface area contributed by atoms with Crippen LogP contribution in [-0.4, -0.2) is 107 Å². The van der Waals surface area contributed by atoms with Gasteiger partial charge in [-0.05, 0) is 38.6 Å². The average Bonchev–Trinajstić information content (AvgIpc) is 3.16. The molecule has 2 aromatic rings. The number of rotatable bonds is 7. The number of alkyl halides is 2. The van der Waals surface area contributed by atoms with Gasteiger partial charge >= 0.3 is 12.1 Å². The Kier molecular flexibility index (Phi) is 8.33. The fraction of sp³-hybridized carbons (Fsp3) is 0.615. The number of hydrogen-bond acceptors (Lipinski definition) is 10. The van der Waals surface area contributed by atoms with Gasteiger partial charge in [0.25, 0.3) is 5.92 Å². The number of nitrogens with zero attached hydrogens (tertiary/aromatic N) is 7. The number of carbonyl (C=O) groups is 2. The van der Waals surface area contributed by atoms with E-state index in [0.29, 0.717) is 18.4 Å². The molecule has 13 nitrogen and oxygen atoms in total. The molecule has 4 heterocycles. The van der Waals surface area contributed by atoms with Crippen LogP contribution in [-0.2, 0) is 0 Å². The number of fused-ring (bicyclic) bond motifs is 2. The summed E-state index contributed by atoms with van der Waals surface area (Å²) in [6.45, 7) is 3.78. The van der Waals surface area contributed by atoms with E-state index in [1.165, 1.54) is 31.7 Å². The Morgan fingerprint density at radius 2 is 1.88 bits per heavy atom. The molecule has 3 aliphatic rings. The lowest BCUT2D eigenvalue weighted by molar-refractivity contribution is -0.0760. The van der Waals surface area contributed by atoms with Crippen molar-refractivity contribution < 1.29 is 27.8 Å². The molecule has 0 spiro atoms. The van der Waals surface area contributed by atoms with Gasteiger partial charge in [-0.1, -0.05) is 0 Å². The van der Waals surface area contributed by atoms with E-state index >= 15 is 0 Å². The number of nitrogens with one attached hydrogen (secondary N) is 2. The van der Waals surface area contributed by atoms with E-state index in [9.17, 15) is 18.4 Å². The number of ether oxygens (including phenoxy) is 2. The van der Waals surface area contributed by atoms with Crippen molar-refractivity contribution in [3.63, 3.8) is 0 Å². The summed E-state index contributed by atoms with van der Waals surface area (Å²) in [5.74, 6) is -1.87. The van der Waals surface area contributed by atoms with Crippen LogP contribution in [0.2, 0.25) is 0 Å². The van der Waals surface area contributed by atoms with Gasteiger partial charge in [-0.2, -0.15) is 4.98 Å². The highest BCUT2D eigenvalue weighted by Crippen LogP contribution is 2.36. The Balaban J connectivity index is 1.21. The zero-order valence-electron chi connectivity index (χ0n) is 23.3. The summed E-state index contributed by atoms with van der Waals surface area (Å²) < 4.78 is 40.7. The number of hydrogen-bond donors (Lipinski definition) is 2. The molecule has 1 aliphatic carbocycles. The van der Waals surface area contributed by atoms with Crippen LogP contribution < -0.4 is 25.0 Å². The molecule has 2 aromatic heterocycles. The highest BCUT2D eigenvalue weighted by Gasteiger charge is 2.48. The monoisotopic (exact) mass is 575 g/mol. The minimum atomic E-state index is -3.16. The first-order valence-corrected chi connectivity index (χ1v) is 13.7. The maximum absolute atomic E-state index is 15.0. The van der Waals surface area contributed by atoms with Crippen molar-refractivity contribution in [3.05, 3.63) is 24.7 Å². The van der Waals surface area contributed by atoms with Crippen molar-refractivity contribution in [2.45, 2.75) is 44.2 Å². The maximum Gasteiger partial charge on any atom is 0.414 e. The SMILES string of the molecule is CCOc1cnc(NC(=O)N(C)[C@H]2CN(c3nccc(OC(=O)NC4[C@@H]5CC[C@H]4CN(C)C5)n3)CCC2(F)F)cn1. The summed E-state index contributed by atoms with van der Waals surface area (Å²) in [5, 5.41) is 5.48. The number of halogens is 2. The highest BCUT2D eigenvalue weighted by molar-refractivity contribution is 5.88. The third-order valence-corrected chi connectivity index (χ3v) is 7.94. The van der Waals surface area contributed by atoms with E-state index in [4.69, 9.17) is 9.47 Å². The molecule has 1 saturated carbocycles. The largest absolute Gasteiger partial charge is 0.477 e. The van der Waals surface area contributed by atoms with Gasteiger partial charge in [0.15, 0.2) is 5.82 Å². The van der Waals surface area contributed by atoms with Crippen LogP contribution in [0.15, 0.2) is 24.7 Å². The fourth-order valence-corrected chi connectivity index (χ4v) is 5.91.